The molecule has 0 radical (unpaired) electrons. The van der Waals surface area contributed by atoms with Gasteiger partial charge in [0, 0.05) is 12.7 Å². The highest BCUT2D eigenvalue weighted by Crippen LogP contribution is 2.23. The lowest BCUT2D eigenvalue weighted by molar-refractivity contribution is 1.11. The van der Waals surface area contributed by atoms with E-state index in [4.69, 9.17) is 11.5 Å². The van der Waals surface area contributed by atoms with Crippen molar-refractivity contribution < 1.29 is 0 Å². The van der Waals surface area contributed by atoms with Crippen molar-refractivity contribution in [2.75, 3.05) is 11.9 Å². The van der Waals surface area contributed by atoms with Crippen molar-refractivity contribution in [2.45, 2.75) is 13.3 Å². The minimum Gasteiger partial charge on any atom is -0.352 e. The highest BCUT2D eigenvalue weighted by atomic mass is 35.5. The van der Waals surface area contributed by atoms with E-state index in [1.807, 2.05) is 12.1 Å². The van der Waals surface area contributed by atoms with Crippen LogP contribution in [-0.4, -0.2) is 13.2 Å². The van der Waals surface area contributed by atoms with E-state index in [2.05, 4.69) is 37.2 Å². The number of benzene rings is 1. The van der Waals surface area contributed by atoms with E-state index in [-0.39, 0.29) is 6.13 Å². The van der Waals surface area contributed by atoms with Crippen molar-refractivity contribution >= 4 is 28.7 Å². The van der Waals surface area contributed by atoms with Gasteiger partial charge in [-0.15, -0.1) is 0 Å². The van der Waals surface area contributed by atoms with Gasteiger partial charge in [0.15, 0.2) is 0 Å². The van der Waals surface area contributed by atoms with E-state index in [1.54, 1.807) is 0 Å². The highest BCUT2D eigenvalue weighted by molar-refractivity contribution is 7.18. The zero-order chi connectivity index (χ0) is 10.1. The van der Waals surface area contributed by atoms with Crippen molar-refractivity contribution in [2.24, 2.45) is 0 Å². The fourth-order valence-corrected chi connectivity index (χ4v) is 2.27. The molecule has 0 amide bonds. The van der Waals surface area contributed by atoms with Gasteiger partial charge in [-0.2, -0.15) is 11.5 Å². The highest BCUT2D eigenvalue weighted by Gasteiger charge is 2.26. The minimum atomic E-state index is 0.0485. The summed E-state index contributed by atoms with van der Waals surface area (Å²) in [6.45, 7) is 2.14. The molecule has 3 heteroatoms. The topological polar surface area (TPSA) is 3.24 Å². The van der Waals surface area contributed by atoms with E-state index < -0.39 is 0 Å². The molecule has 0 fully saturated rings. The van der Waals surface area contributed by atoms with Gasteiger partial charge >= 0.3 is 6.13 Å². The molecule has 1 aliphatic rings. The quantitative estimate of drug-likeness (QED) is 0.637. The van der Waals surface area contributed by atoms with Gasteiger partial charge in [-0.25, -0.2) is 0 Å². The summed E-state index contributed by atoms with van der Waals surface area (Å²) in [4.78, 5) is 2.15. The van der Waals surface area contributed by atoms with Gasteiger partial charge in [-0.3, -0.25) is 0 Å². The van der Waals surface area contributed by atoms with Gasteiger partial charge in [0.2, 0.25) is 0 Å². The summed E-state index contributed by atoms with van der Waals surface area (Å²) in [5, 5.41) is 0. The molecule has 1 aromatic carbocycles. The summed E-state index contributed by atoms with van der Waals surface area (Å²) < 4.78 is 0. The van der Waals surface area contributed by atoms with Crippen LogP contribution >= 0.6 is 11.5 Å². The molecule has 0 atom stereocenters. The van der Waals surface area contributed by atoms with Crippen molar-refractivity contribution in [1.82, 2.24) is 0 Å². The van der Waals surface area contributed by atoms with Crippen LogP contribution in [0.25, 0.3) is 0 Å². The summed E-state index contributed by atoms with van der Waals surface area (Å²) in [5.74, 6) is 0. The standard InChI is InChI=1S/C11H13BClN/c1-3-9-8-14(2)11-7-5-4-6-10(11)12(9)13/h4-8H,3H2,1-2H3. The number of allylic oxidation sites excluding steroid dienone is 1. The van der Waals surface area contributed by atoms with Crippen molar-refractivity contribution in [3.63, 3.8) is 0 Å². The lowest BCUT2D eigenvalue weighted by atomic mass is 9.58. The molecule has 0 saturated heterocycles. The summed E-state index contributed by atoms with van der Waals surface area (Å²) >= 11 is 6.38. The molecule has 1 aliphatic heterocycles. The van der Waals surface area contributed by atoms with Crippen LogP contribution in [0.3, 0.4) is 0 Å². The molecule has 0 bridgehead atoms. The summed E-state index contributed by atoms with van der Waals surface area (Å²) in [6.07, 6.45) is 3.19. The second-order valence-corrected chi connectivity index (χ2v) is 4.03. The van der Waals surface area contributed by atoms with E-state index in [1.165, 1.54) is 16.6 Å². The number of hydrogen-bond acceptors (Lipinski definition) is 1. The number of nitrogens with zero attached hydrogens (tertiary/aromatic N) is 1. The monoisotopic (exact) mass is 205 g/mol. The van der Waals surface area contributed by atoms with Gasteiger partial charge in [-0.05, 0) is 24.1 Å². The van der Waals surface area contributed by atoms with Crippen LogP contribution in [0.1, 0.15) is 13.3 Å². The summed E-state index contributed by atoms with van der Waals surface area (Å²) in [7, 11) is 2.07. The van der Waals surface area contributed by atoms with Crippen molar-refractivity contribution in [3.05, 3.63) is 35.9 Å². The predicted molar refractivity (Wildman–Crippen MR) is 64.5 cm³/mol. The first-order chi connectivity index (χ1) is 6.74. The Morgan fingerprint density at radius 3 is 2.79 bits per heavy atom. The molecule has 0 spiro atoms. The molecule has 0 aliphatic carbocycles. The largest absolute Gasteiger partial charge is 0.352 e. The van der Waals surface area contributed by atoms with E-state index >= 15 is 0 Å². The molecule has 0 saturated carbocycles. The zero-order valence-electron chi connectivity index (χ0n) is 8.50. The normalized spacial score (nSPS) is 15.2. The maximum Gasteiger partial charge on any atom is 0.315 e. The summed E-state index contributed by atoms with van der Waals surface area (Å²) in [5.41, 5.74) is 3.72. The van der Waals surface area contributed by atoms with Crippen LogP contribution in [0.2, 0.25) is 0 Å². The van der Waals surface area contributed by atoms with E-state index in [0.29, 0.717) is 0 Å². The third-order valence-electron chi connectivity index (χ3n) is 2.68. The van der Waals surface area contributed by atoms with Gasteiger partial charge < -0.3 is 4.90 Å². The molecule has 72 valence electrons. The maximum atomic E-state index is 6.38. The number of hydrogen-bond donors (Lipinski definition) is 0. The maximum absolute atomic E-state index is 6.38. The lowest BCUT2D eigenvalue weighted by Crippen LogP contribution is -2.37. The molecular weight excluding hydrogens is 192 g/mol. The van der Waals surface area contributed by atoms with Crippen LogP contribution < -0.4 is 10.4 Å². The van der Waals surface area contributed by atoms with Crippen LogP contribution in [0, 0.1) is 0 Å². The number of para-hydroxylation sites is 1. The Labute approximate surface area is 90.4 Å². The molecule has 0 N–H and O–H groups in total. The fourth-order valence-electron chi connectivity index (χ4n) is 1.88. The minimum absolute atomic E-state index is 0.0485. The molecule has 2 rings (SSSR count). The average molecular weight is 205 g/mol. The smallest absolute Gasteiger partial charge is 0.315 e. The van der Waals surface area contributed by atoms with Crippen molar-refractivity contribution in [1.29, 1.82) is 0 Å². The third kappa shape index (κ3) is 1.44. The zero-order valence-corrected chi connectivity index (χ0v) is 9.25. The van der Waals surface area contributed by atoms with E-state index in [9.17, 15) is 0 Å². The van der Waals surface area contributed by atoms with E-state index in [0.717, 1.165) is 6.42 Å². The molecule has 1 heterocycles. The molecular formula is C11H13BClN. The predicted octanol–water partition coefficient (Wildman–Crippen LogP) is 2.41. The van der Waals surface area contributed by atoms with Gasteiger partial charge in [0.25, 0.3) is 0 Å². The number of fused-ring (bicyclic) bond motifs is 1. The number of anilines is 1. The number of halogens is 1. The SMILES string of the molecule is CCC1=CN(C)c2ccccc2B1Cl. The Morgan fingerprint density at radius 1 is 1.36 bits per heavy atom. The Hall–Kier alpha value is -0.885. The Morgan fingerprint density at radius 2 is 2.07 bits per heavy atom. The Bertz CT molecular complexity index is 375. The molecule has 0 unspecified atom stereocenters. The second kappa shape index (κ2) is 3.70. The van der Waals surface area contributed by atoms with Crippen LogP contribution in [0.5, 0.6) is 0 Å². The van der Waals surface area contributed by atoms with Crippen LogP contribution in [0.15, 0.2) is 35.9 Å². The fraction of sp³-hybridized carbons (Fsp3) is 0.273. The lowest BCUT2D eigenvalue weighted by Gasteiger charge is -2.27. The van der Waals surface area contributed by atoms with Gasteiger partial charge in [0.05, 0.1) is 0 Å². The molecule has 1 nitrogen and oxygen atoms in total. The third-order valence-corrected chi connectivity index (χ3v) is 3.20. The summed E-state index contributed by atoms with van der Waals surface area (Å²) in [6, 6.07) is 8.30. The van der Waals surface area contributed by atoms with Gasteiger partial charge in [-0.1, -0.05) is 30.6 Å². The molecule has 0 aromatic heterocycles. The first-order valence-corrected chi connectivity index (χ1v) is 5.34. The second-order valence-electron chi connectivity index (χ2n) is 3.59. The first-order valence-electron chi connectivity index (χ1n) is 4.90. The average Bonchev–Trinajstić information content (AvgIpc) is 2.23. The van der Waals surface area contributed by atoms with Gasteiger partial charge in [0.1, 0.15) is 0 Å². The molecule has 1 aromatic rings. The number of rotatable bonds is 1. The Kier molecular flexibility index (Phi) is 2.55. The van der Waals surface area contributed by atoms with Crippen LogP contribution in [0.4, 0.5) is 5.69 Å². The van der Waals surface area contributed by atoms with Crippen LogP contribution in [-0.2, 0) is 0 Å². The first kappa shape index (κ1) is 9.66. The van der Waals surface area contributed by atoms with Crippen molar-refractivity contribution in [3.8, 4) is 0 Å². The molecule has 14 heavy (non-hydrogen) atoms. The Balaban J connectivity index is 2.49.